The van der Waals surface area contributed by atoms with Gasteiger partial charge in [0.1, 0.15) is 12.3 Å². The summed E-state index contributed by atoms with van der Waals surface area (Å²) in [6.45, 7) is 2.48. The van der Waals surface area contributed by atoms with E-state index in [9.17, 15) is 0 Å². The quantitative estimate of drug-likeness (QED) is 0.914. The average Bonchev–Trinajstić information content (AvgIpc) is 2.65. The SMILES string of the molecule is CCCc1nn(C)c(OCc2ccccc2Cl)c1N. The first kappa shape index (κ1) is 13.7. The number of benzene rings is 1. The largest absolute Gasteiger partial charge is 0.471 e. The van der Waals surface area contributed by atoms with E-state index in [1.54, 1.807) is 4.68 Å². The Morgan fingerprint density at radius 3 is 2.79 bits per heavy atom. The average molecular weight is 280 g/mol. The fraction of sp³-hybridized carbons (Fsp3) is 0.357. The van der Waals surface area contributed by atoms with Crippen molar-refractivity contribution in [1.29, 1.82) is 0 Å². The number of hydrogen-bond acceptors (Lipinski definition) is 3. The third-order valence-electron chi connectivity index (χ3n) is 2.91. The molecule has 1 aromatic carbocycles. The van der Waals surface area contributed by atoms with Crippen LogP contribution in [-0.2, 0) is 20.1 Å². The van der Waals surface area contributed by atoms with Crippen LogP contribution in [0.15, 0.2) is 24.3 Å². The number of hydrogen-bond donors (Lipinski definition) is 1. The number of aromatic nitrogens is 2. The molecular formula is C14H18ClN3O. The third kappa shape index (κ3) is 3.01. The van der Waals surface area contributed by atoms with Crippen LogP contribution in [0.4, 0.5) is 5.69 Å². The van der Waals surface area contributed by atoms with Gasteiger partial charge in [-0.05, 0) is 12.5 Å². The van der Waals surface area contributed by atoms with Crippen molar-refractivity contribution in [2.24, 2.45) is 7.05 Å². The molecule has 1 aromatic heterocycles. The summed E-state index contributed by atoms with van der Waals surface area (Å²) in [4.78, 5) is 0. The Labute approximate surface area is 118 Å². The minimum absolute atomic E-state index is 0.384. The summed E-state index contributed by atoms with van der Waals surface area (Å²) >= 11 is 6.09. The first-order valence-corrected chi connectivity index (χ1v) is 6.68. The number of anilines is 1. The normalized spacial score (nSPS) is 10.7. The number of nitrogen functional groups attached to an aromatic ring is 1. The van der Waals surface area contributed by atoms with E-state index in [-0.39, 0.29) is 0 Å². The maximum atomic E-state index is 6.09. The van der Waals surface area contributed by atoms with Crippen LogP contribution in [0.5, 0.6) is 5.88 Å². The van der Waals surface area contributed by atoms with E-state index in [2.05, 4.69) is 12.0 Å². The van der Waals surface area contributed by atoms with E-state index in [0.717, 1.165) is 24.1 Å². The van der Waals surface area contributed by atoms with Crippen molar-refractivity contribution < 1.29 is 4.74 Å². The summed E-state index contributed by atoms with van der Waals surface area (Å²) in [5.74, 6) is 0.600. The van der Waals surface area contributed by atoms with Crippen molar-refractivity contribution in [2.45, 2.75) is 26.4 Å². The van der Waals surface area contributed by atoms with Crippen molar-refractivity contribution in [2.75, 3.05) is 5.73 Å². The summed E-state index contributed by atoms with van der Waals surface area (Å²) in [5.41, 5.74) is 8.49. The van der Waals surface area contributed by atoms with Crippen LogP contribution in [0.25, 0.3) is 0 Å². The molecule has 2 N–H and O–H groups in total. The number of nitrogens with two attached hydrogens (primary N) is 1. The first-order valence-electron chi connectivity index (χ1n) is 6.31. The number of nitrogens with zero attached hydrogens (tertiary/aromatic N) is 2. The fourth-order valence-corrected chi connectivity index (χ4v) is 2.12. The summed E-state index contributed by atoms with van der Waals surface area (Å²) in [7, 11) is 1.83. The number of rotatable bonds is 5. The van der Waals surface area contributed by atoms with E-state index in [4.69, 9.17) is 22.1 Å². The molecule has 0 aliphatic carbocycles. The van der Waals surface area contributed by atoms with Gasteiger partial charge in [-0.1, -0.05) is 43.1 Å². The van der Waals surface area contributed by atoms with Crippen molar-refractivity contribution in [3.05, 3.63) is 40.5 Å². The van der Waals surface area contributed by atoms with Crippen LogP contribution in [0.1, 0.15) is 24.6 Å². The molecule has 0 aliphatic rings. The molecule has 2 rings (SSSR count). The molecule has 0 bridgehead atoms. The molecule has 0 unspecified atom stereocenters. The number of ether oxygens (including phenoxy) is 1. The zero-order valence-corrected chi connectivity index (χ0v) is 11.9. The van der Waals surface area contributed by atoms with E-state index < -0.39 is 0 Å². The van der Waals surface area contributed by atoms with E-state index in [1.165, 1.54) is 0 Å². The Morgan fingerprint density at radius 2 is 2.11 bits per heavy atom. The Kier molecular flexibility index (Phi) is 4.32. The second-order valence-corrected chi connectivity index (χ2v) is 4.83. The second-order valence-electron chi connectivity index (χ2n) is 4.42. The van der Waals surface area contributed by atoms with Gasteiger partial charge in [0.2, 0.25) is 5.88 Å². The summed E-state index contributed by atoms with van der Waals surface area (Å²) < 4.78 is 7.43. The van der Waals surface area contributed by atoms with Gasteiger partial charge in [-0.3, -0.25) is 0 Å². The topological polar surface area (TPSA) is 53.1 Å². The van der Waals surface area contributed by atoms with Gasteiger partial charge in [0.25, 0.3) is 0 Å². The Balaban J connectivity index is 2.14. The smallest absolute Gasteiger partial charge is 0.236 e. The third-order valence-corrected chi connectivity index (χ3v) is 3.28. The van der Waals surface area contributed by atoms with Gasteiger partial charge in [0.05, 0.1) is 5.69 Å². The maximum absolute atomic E-state index is 6.09. The molecule has 0 fully saturated rings. The molecule has 0 amide bonds. The van der Waals surface area contributed by atoms with Gasteiger partial charge in [-0.15, -0.1) is 0 Å². The molecule has 19 heavy (non-hydrogen) atoms. The lowest BCUT2D eigenvalue weighted by Crippen LogP contribution is -2.03. The molecule has 0 aliphatic heterocycles. The van der Waals surface area contributed by atoms with Gasteiger partial charge in [0.15, 0.2) is 0 Å². The Morgan fingerprint density at radius 1 is 1.37 bits per heavy atom. The molecule has 0 atom stereocenters. The second kappa shape index (κ2) is 5.97. The highest BCUT2D eigenvalue weighted by Crippen LogP contribution is 2.27. The zero-order valence-electron chi connectivity index (χ0n) is 11.2. The van der Waals surface area contributed by atoms with E-state index in [0.29, 0.717) is 23.2 Å². The van der Waals surface area contributed by atoms with Gasteiger partial charge in [0, 0.05) is 17.6 Å². The zero-order chi connectivity index (χ0) is 13.8. The number of aryl methyl sites for hydroxylation is 2. The van der Waals surface area contributed by atoms with Crippen molar-refractivity contribution >= 4 is 17.3 Å². The van der Waals surface area contributed by atoms with Gasteiger partial charge < -0.3 is 10.5 Å². The van der Waals surface area contributed by atoms with Crippen molar-refractivity contribution in [3.8, 4) is 5.88 Å². The Hall–Kier alpha value is -1.68. The lowest BCUT2D eigenvalue weighted by atomic mass is 10.2. The van der Waals surface area contributed by atoms with Gasteiger partial charge in [-0.2, -0.15) is 5.10 Å². The summed E-state index contributed by atoms with van der Waals surface area (Å²) in [6.07, 6.45) is 1.86. The molecule has 0 radical (unpaired) electrons. The van der Waals surface area contributed by atoms with Crippen LogP contribution in [0.3, 0.4) is 0 Å². The van der Waals surface area contributed by atoms with E-state index in [1.807, 2.05) is 31.3 Å². The summed E-state index contributed by atoms with van der Waals surface area (Å²) in [5, 5.41) is 5.06. The van der Waals surface area contributed by atoms with Crippen LogP contribution >= 0.6 is 11.6 Å². The lowest BCUT2D eigenvalue weighted by molar-refractivity contribution is 0.280. The maximum Gasteiger partial charge on any atom is 0.236 e. The highest BCUT2D eigenvalue weighted by atomic mass is 35.5. The van der Waals surface area contributed by atoms with Crippen LogP contribution in [-0.4, -0.2) is 9.78 Å². The van der Waals surface area contributed by atoms with Crippen molar-refractivity contribution in [1.82, 2.24) is 9.78 Å². The van der Waals surface area contributed by atoms with Crippen LogP contribution < -0.4 is 10.5 Å². The highest BCUT2D eigenvalue weighted by molar-refractivity contribution is 6.31. The monoisotopic (exact) mass is 279 g/mol. The van der Waals surface area contributed by atoms with Crippen molar-refractivity contribution in [3.63, 3.8) is 0 Å². The molecule has 1 heterocycles. The molecule has 0 spiro atoms. The minimum Gasteiger partial charge on any atom is -0.471 e. The molecule has 2 aromatic rings. The minimum atomic E-state index is 0.384. The Bertz CT molecular complexity index is 566. The van der Waals surface area contributed by atoms with Crippen LogP contribution in [0, 0.1) is 0 Å². The van der Waals surface area contributed by atoms with E-state index >= 15 is 0 Å². The molecular weight excluding hydrogens is 262 g/mol. The lowest BCUT2D eigenvalue weighted by Gasteiger charge is -2.08. The highest BCUT2D eigenvalue weighted by Gasteiger charge is 2.14. The predicted molar refractivity (Wildman–Crippen MR) is 77.4 cm³/mol. The molecule has 0 saturated carbocycles. The first-order chi connectivity index (χ1) is 9.13. The number of halogens is 1. The van der Waals surface area contributed by atoms with Crippen LogP contribution in [0.2, 0.25) is 5.02 Å². The molecule has 4 nitrogen and oxygen atoms in total. The fourth-order valence-electron chi connectivity index (χ4n) is 1.93. The molecule has 0 saturated heterocycles. The predicted octanol–water partition coefficient (Wildman–Crippen LogP) is 3.19. The van der Waals surface area contributed by atoms with Gasteiger partial charge in [-0.25, -0.2) is 4.68 Å². The molecule has 5 heteroatoms. The molecule has 102 valence electrons. The summed E-state index contributed by atoms with van der Waals surface area (Å²) in [6, 6.07) is 7.60. The standard InChI is InChI=1S/C14H18ClN3O/c1-3-6-12-13(16)14(18(2)17-12)19-9-10-7-4-5-8-11(10)15/h4-5,7-8H,3,6,9,16H2,1-2H3. The van der Waals surface area contributed by atoms with Gasteiger partial charge >= 0.3 is 0 Å².